The number of allylic oxidation sites excluding steroid dienone is 12. The van der Waals surface area contributed by atoms with Crippen molar-refractivity contribution >= 4 is 33.5 Å². The van der Waals surface area contributed by atoms with E-state index < -0.39 is 0 Å². The minimum atomic E-state index is 0.143. The quantitative estimate of drug-likeness (QED) is 0.103. The Morgan fingerprint density at radius 2 is 1.35 bits per heavy atom. The van der Waals surface area contributed by atoms with E-state index in [0.717, 1.165) is 54.9 Å². The summed E-state index contributed by atoms with van der Waals surface area (Å²) >= 11 is 0. The van der Waals surface area contributed by atoms with E-state index in [9.17, 15) is 0 Å². The summed E-state index contributed by atoms with van der Waals surface area (Å²) in [5.74, 6) is 0.468. The predicted octanol–water partition coefficient (Wildman–Crippen LogP) is 17.6. The average Bonchev–Trinajstić information content (AvgIpc) is 3.59. The maximum atomic E-state index is 2.47. The molecule has 308 valence electrons. The van der Waals surface area contributed by atoms with Crippen molar-refractivity contribution in [1.29, 1.82) is 0 Å². The van der Waals surface area contributed by atoms with Crippen LogP contribution in [-0.2, 0) is 0 Å². The zero-order valence-electron chi connectivity index (χ0n) is 37.0. The van der Waals surface area contributed by atoms with Crippen LogP contribution in [0.3, 0.4) is 0 Å². The van der Waals surface area contributed by atoms with Crippen LogP contribution in [0.5, 0.6) is 0 Å². The van der Waals surface area contributed by atoms with Gasteiger partial charge in [0.2, 0.25) is 0 Å². The van der Waals surface area contributed by atoms with Crippen LogP contribution >= 0.6 is 0 Å². The third kappa shape index (κ3) is 10.8. The SMILES string of the molecule is C/C=C\C(=C1\C=CC=CCC1)N(C1=CCC(C(C)(C=CCC)CC)C=C1)c1ccc(-c2ccc(N(c3ccccc3)c3ccc4ccccc4c3)cc2)cc1.CCCCC. The second kappa shape index (κ2) is 21.9. The van der Waals surface area contributed by atoms with Gasteiger partial charge < -0.3 is 9.80 Å². The van der Waals surface area contributed by atoms with Gasteiger partial charge in [0.15, 0.2) is 0 Å². The van der Waals surface area contributed by atoms with Crippen molar-refractivity contribution in [3.63, 3.8) is 0 Å². The van der Waals surface area contributed by atoms with Crippen LogP contribution in [0, 0.1) is 11.3 Å². The Morgan fingerprint density at radius 1 is 0.700 bits per heavy atom. The first-order valence-electron chi connectivity index (χ1n) is 22.5. The van der Waals surface area contributed by atoms with Gasteiger partial charge in [-0.25, -0.2) is 0 Å². The van der Waals surface area contributed by atoms with Gasteiger partial charge in [0.05, 0.1) is 0 Å². The summed E-state index contributed by atoms with van der Waals surface area (Å²) < 4.78 is 0. The first kappa shape index (κ1) is 43.7. The molecule has 60 heavy (non-hydrogen) atoms. The Kier molecular flexibility index (Phi) is 16.0. The van der Waals surface area contributed by atoms with Gasteiger partial charge in [-0.05, 0) is 139 Å². The summed E-state index contributed by atoms with van der Waals surface area (Å²) in [7, 11) is 0. The monoisotopic (exact) mass is 791 g/mol. The fourth-order valence-corrected chi connectivity index (χ4v) is 8.25. The number of hydrogen-bond donors (Lipinski definition) is 0. The summed E-state index contributed by atoms with van der Waals surface area (Å²) in [5.41, 5.74) is 10.9. The fourth-order valence-electron chi connectivity index (χ4n) is 8.25. The van der Waals surface area contributed by atoms with Crippen LogP contribution in [0.2, 0.25) is 0 Å². The lowest BCUT2D eigenvalue weighted by Crippen LogP contribution is -2.27. The van der Waals surface area contributed by atoms with E-state index in [0.29, 0.717) is 5.92 Å². The van der Waals surface area contributed by atoms with Crippen LogP contribution in [0.1, 0.15) is 92.9 Å². The van der Waals surface area contributed by atoms with Crippen molar-refractivity contribution in [3.8, 4) is 11.1 Å². The minimum Gasteiger partial charge on any atom is -0.311 e. The summed E-state index contributed by atoms with van der Waals surface area (Å²) in [4.78, 5) is 4.81. The van der Waals surface area contributed by atoms with Gasteiger partial charge in [-0.3, -0.25) is 0 Å². The van der Waals surface area contributed by atoms with Crippen molar-refractivity contribution < 1.29 is 0 Å². The Bertz CT molecular complexity index is 2330. The fraction of sp³-hybridized carbons (Fsp3) is 0.276. The van der Waals surface area contributed by atoms with Crippen molar-refractivity contribution in [2.45, 2.75) is 92.9 Å². The van der Waals surface area contributed by atoms with E-state index in [1.807, 2.05) is 0 Å². The van der Waals surface area contributed by atoms with Crippen LogP contribution in [0.25, 0.3) is 21.9 Å². The normalized spacial score (nSPS) is 16.9. The number of para-hydroxylation sites is 1. The zero-order chi connectivity index (χ0) is 42.2. The predicted molar refractivity (Wildman–Crippen MR) is 264 cm³/mol. The van der Waals surface area contributed by atoms with Crippen molar-refractivity contribution in [2.75, 3.05) is 9.80 Å². The highest BCUT2D eigenvalue weighted by molar-refractivity contribution is 5.89. The van der Waals surface area contributed by atoms with Crippen LogP contribution in [-0.4, -0.2) is 0 Å². The topological polar surface area (TPSA) is 6.48 Å². The molecule has 0 heterocycles. The first-order valence-corrected chi connectivity index (χ1v) is 22.5. The van der Waals surface area contributed by atoms with Crippen LogP contribution in [0.15, 0.2) is 205 Å². The lowest BCUT2D eigenvalue weighted by Gasteiger charge is -2.36. The number of unbranched alkanes of at least 4 members (excludes halogenated alkanes) is 2. The number of anilines is 4. The number of hydrogen-bond acceptors (Lipinski definition) is 2. The molecular formula is C58H66N2. The first-order chi connectivity index (χ1) is 29.4. The molecule has 0 N–H and O–H groups in total. The van der Waals surface area contributed by atoms with Gasteiger partial charge in [0, 0.05) is 34.1 Å². The highest BCUT2D eigenvalue weighted by atomic mass is 15.2. The second-order valence-electron chi connectivity index (χ2n) is 16.2. The summed E-state index contributed by atoms with van der Waals surface area (Å²) in [6.45, 7) is 13.5. The third-order valence-electron chi connectivity index (χ3n) is 12.0. The molecule has 0 aliphatic heterocycles. The molecule has 0 radical (unpaired) electrons. The molecule has 0 amide bonds. The van der Waals surface area contributed by atoms with E-state index in [1.165, 1.54) is 58.1 Å². The molecule has 0 fully saturated rings. The molecule has 2 heteroatoms. The molecule has 2 unspecified atom stereocenters. The summed E-state index contributed by atoms with van der Waals surface area (Å²) in [5, 5.41) is 2.47. The molecular weight excluding hydrogens is 725 g/mol. The largest absolute Gasteiger partial charge is 0.311 e. The lowest BCUT2D eigenvalue weighted by molar-refractivity contribution is 0.295. The maximum absolute atomic E-state index is 2.47. The lowest BCUT2D eigenvalue weighted by atomic mass is 9.71. The Morgan fingerprint density at radius 3 is 1.97 bits per heavy atom. The maximum Gasteiger partial charge on any atom is 0.0490 e. The van der Waals surface area contributed by atoms with Crippen LogP contribution in [0.4, 0.5) is 22.7 Å². The Labute approximate surface area is 362 Å². The molecule has 0 saturated carbocycles. The standard InChI is InChI=1S/C53H54N2.C5H12/c1-5-8-39-53(4,7-3)46-30-37-50(38-31-46)55(52(18-6-2)44-20-12-9-10-13-21-44)49-34-27-43(28-35-49)42-25-32-48(33-26-42)54(47-23-14-11-15-24-47)51-36-29-41-19-16-17-22-45(41)40-51;1-3-5-4-2/h6,8-12,14-20,22-30,32-40,46H,5,7,13,21,31H2,1-4H3;3-5H2,1-2H3/b18-6-,39-8?,52-44+;. The molecule has 2 atom stereocenters. The highest BCUT2D eigenvalue weighted by Gasteiger charge is 2.30. The van der Waals surface area contributed by atoms with E-state index in [4.69, 9.17) is 0 Å². The van der Waals surface area contributed by atoms with Crippen LogP contribution < -0.4 is 9.80 Å². The summed E-state index contributed by atoms with van der Waals surface area (Å²) in [6, 6.07) is 44.0. The third-order valence-corrected chi connectivity index (χ3v) is 12.0. The smallest absolute Gasteiger partial charge is 0.0490 e. The molecule has 0 bridgehead atoms. The number of fused-ring (bicyclic) bond motifs is 1. The molecule has 7 rings (SSSR count). The molecule has 2 aliphatic rings. The van der Waals surface area contributed by atoms with Crippen molar-refractivity contribution in [1.82, 2.24) is 0 Å². The number of nitrogens with zero attached hydrogens (tertiary/aromatic N) is 2. The molecule has 2 nitrogen and oxygen atoms in total. The minimum absolute atomic E-state index is 0.143. The van der Waals surface area contributed by atoms with Gasteiger partial charge in [0.1, 0.15) is 0 Å². The van der Waals surface area contributed by atoms with E-state index in [2.05, 4.69) is 240 Å². The van der Waals surface area contributed by atoms with E-state index in [1.54, 1.807) is 0 Å². The highest BCUT2D eigenvalue weighted by Crippen LogP contribution is 2.42. The molecule has 0 aromatic heterocycles. The Hall–Kier alpha value is -5.86. The van der Waals surface area contributed by atoms with Crippen molar-refractivity contribution in [2.24, 2.45) is 11.3 Å². The van der Waals surface area contributed by atoms with Gasteiger partial charge in [-0.15, -0.1) is 0 Å². The second-order valence-corrected chi connectivity index (χ2v) is 16.2. The van der Waals surface area contributed by atoms with E-state index >= 15 is 0 Å². The molecule has 2 aliphatic carbocycles. The molecule has 5 aromatic carbocycles. The summed E-state index contributed by atoms with van der Waals surface area (Å²) in [6.07, 6.45) is 34.8. The molecule has 0 spiro atoms. The number of rotatable bonds is 14. The van der Waals surface area contributed by atoms with Gasteiger partial charge in [-0.2, -0.15) is 0 Å². The molecule has 0 saturated heterocycles. The molecule has 5 aromatic rings. The number of benzene rings is 5. The average molecular weight is 791 g/mol. The Balaban J connectivity index is 0.00000114. The zero-order valence-corrected chi connectivity index (χ0v) is 37.0. The van der Waals surface area contributed by atoms with Gasteiger partial charge in [-0.1, -0.05) is 181 Å². The van der Waals surface area contributed by atoms with Gasteiger partial charge in [0.25, 0.3) is 0 Å². The van der Waals surface area contributed by atoms with E-state index in [-0.39, 0.29) is 5.41 Å². The van der Waals surface area contributed by atoms with Crippen molar-refractivity contribution in [3.05, 3.63) is 205 Å². The van der Waals surface area contributed by atoms with Gasteiger partial charge >= 0.3 is 0 Å².